The Morgan fingerprint density at radius 3 is 2.54 bits per heavy atom. The van der Waals surface area contributed by atoms with E-state index >= 15 is 0 Å². The quantitative estimate of drug-likeness (QED) is 0.272. The lowest BCUT2D eigenvalue weighted by atomic mass is 9.73. The van der Waals surface area contributed by atoms with Gasteiger partial charge < -0.3 is 11.1 Å². The number of rotatable bonds is 7. The fraction of sp³-hybridized carbons (Fsp3) is 0.276. The summed E-state index contributed by atoms with van der Waals surface area (Å²) in [6.07, 6.45) is 8.43. The van der Waals surface area contributed by atoms with Crippen molar-refractivity contribution in [1.82, 2.24) is 20.1 Å². The van der Waals surface area contributed by atoms with E-state index in [2.05, 4.69) is 88.2 Å². The Hall–Kier alpha value is -3.61. The summed E-state index contributed by atoms with van der Waals surface area (Å²) in [6, 6.07) is 23.3. The van der Waals surface area contributed by atoms with Crippen molar-refractivity contribution in [2.45, 2.75) is 44.7 Å². The second-order valence-corrected chi connectivity index (χ2v) is 9.59. The average Bonchev–Trinajstić information content (AvgIpc) is 3.27. The predicted molar refractivity (Wildman–Crippen MR) is 139 cm³/mol. The highest BCUT2D eigenvalue weighted by Crippen LogP contribution is 2.38. The molecule has 35 heavy (non-hydrogen) atoms. The van der Waals surface area contributed by atoms with Crippen molar-refractivity contribution in [2.24, 2.45) is 5.73 Å². The number of fused-ring (bicyclic) bond motifs is 3. The second kappa shape index (κ2) is 8.87. The van der Waals surface area contributed by atoms with Crippen molar-refractivity contribution in [3.05, 3.63) is 90.5 Å². The molecule has 1 aliphatic rings. The zero-order valence-corrected chi connectivity index (χ0v) is 20.1. The molecule has 0 bridgehead atoms. The Bertz CT molecular complexity index is 1480. The number of nitrogens with zero attached hydrogens (tertiary/aromatic N) is 4. The van der Waals surface area contributed by atoms with Crippen molar-refractivity contribution in [1.29, 1.82) is 0 Å². The molecular formula is C29H31N6+. The van der Waals surface area contributed by atoms with Gasteiger partial charge in [0.15, 0.2) is 0 Å². The molecule has 0 saturated heterocycles. The number of hydrogen-bond donors (Lipinski definition) is 2. The van der Waals surface area contributed by atoms with Crippen LogP contribution in [0, 0.1) is 0 Å². The summed E-state index contributed by atoms with van der Waals surface area (Å²) in [5.74, 6) is 0.971. The van der Waals surface area contributed by atoms with Crippen molar-refractivity contribution in [3.63, 3.8) is 0 Å². The van der Waals surface area contributed by atoms with Crippen LogP contribution in [0.15, 0.2) is 79.1 Å². The first kappa shape index (κ1) is 21.9. The molecule has 6 nitrogen and oxygen atoms in total. The fourth-order valence-corrected chi connectivity index (χ4v) is 5.02. The van der Waals surface area contributed by atoms with E-state index in [0.29, 0.717) is 6.54 Å². The third-order valence-corrected chi connectivity index (χ3v) is 7.21. The van der Waals surface area contributed by atoms with Gasteiger partial charge in [-0.1, -0.05) is 54.1 Å². The van der Waals surface area contributed by atoms with E-state index in [1.54, 1.807) is 0 Å². The largest absolute Gasteiger partial charge is 0.321 e. The molecule has 0 atom stereocenters. The van der Waals surface area contributed by atoms with Crippen LogP contribution in [0.2, 0.25) is 0 Å². The standard InChI is InChI=1S/C29H31N6/c1-2-16-31-20-27-33-35(24-11-9-23(10-12-24)29(30)14-6-15-29)28-25-18-22(21-7-4-3-5-8-21)19-32-26(25)13-17-34(27)28/h3-5,7-13,17-19,31H,2,6,14-16,20,30H2,1H3/q+1. The Labute approximate surface area is 205 Å². The summed E-state index contributed by atoms with van der Waals surface area (Å²) >= 11 is 0. The van der Waals surface area contributed by atoms with Crippen LogP contribution in [-0.4, -0.2) is 21.3 Å². The maximum absolute atomic E-state index is 6.58. The van der Waals surface area contributed by atoms with Gasteiger partial charge in [0.05, 0.1) is 23.6 Å². The molecule has 5 aromatic rings. The summed E-state index contributed by atoms with van der Waals surface area (Å²) in [7, 11) is 0. The minimum absolute atomic E-state index is 0.171. The molecule has 0 unspecified atom stereocenters. The highest BCUT2D eigenvalue weighted by atomic mass is 15.4. The summed E-state index contributed by atoms with van der Waals surface area (Å²) < 4.78 is 4.24. The fourth-order valence-electron chi connectivity index (χ4n) is 5.02. The van der Waals surface area contributed by atoms with E-state index in [1.165, 1.54) is 12.0 Å². The van der Waals surface area contributed by atoms with Gasteiger partial charge in [-0.25, -0.2) is 0 Å². The van der Waals surface area contributed by atoms with Gasteiger partial charge in [0.25, 0.3) is 11.5 Å². The molecular weight excluding hydrogens is 432 g/mol. The molecule has 0 spiro atoms. The number of benzene rings is 2. The first-order chi connectivity index (χ1) is 17.2. The molecule has 0 radical (unpaired) electrons. The molecule has 6 rings (SSSR count). The molecule has 6 heteroatoms. The zero-order chi connectivity index (χ0) is 23.8. The molecule has 3 aromatic heterocycles. The van der Waals surface area contributed by atoms with Crippen LogP contribution in [-0.2, 0) is 12.1 Å². The second-order valence-electron chi connectivity index (χ2n) is 9.59. The summed E-state index contributed by atoms with van der Waals surface area (Å²) in [5.41, 5.74) is 12.8. The lowest BCUT2D eigenvalue weighted by molar-refractivity contribution is -0.521. The van der Waals surface area contributed by atoms with E-state index in [4.69, 9.17) is 15.8 Å². The number of nitrogens with two attached hydrogens (primary N) is 1. The summed E-state index contributed by atoms with van der Waals surface area (Å²) in [5, 5.41) is 9.65. The predicted octanol–water partition coefficient (Wildman–Crippen LogP) is 4.66. The third kappa shape index (κ3) is 3.89. The van der Waals surface area contributed by atoms with Crippen molar-refractivity contribution in [2.75, 3.05) is 6.54 Å². The van der Waals surface area contributed by atoms with Gasteiger partial charge in [-0.2, -0.15) is 4.40 Å². The van der Waals surface area contributed by atoms with Crippen LogP contribution in [0.5, 0.6) is 0 Å². The van der Waals surface area contributed by atoms with Crippen molar-refractivity contribution >= 4 is 16.6 Å². The first-order valence-corrected chi connectivity index (χ1v) is 12.5. The van der Waals surface area contributed by atoms with E-state index in [1.807, 2.05) is 12.3 Å². The van der Waals surface area contributed by atoms with Crippen LogP contribution in [0.4, 0.5) is 0 Å². The smallest absolute Gasteiger partial charge is 0.296 e. The number of pyridine rings is 2. The number of aromatic nitrogens is 4. The van der Waals surface area contributed by atoms with Gasteiger partial charge in [0.1, 0.15) is 5.69 Å². The molecule has 0 amide bonds. The average molecular weight is 464 g/mol. The molecule has 3 N–H and O–H groups in total. The van der Waals surface area contributed by atoms with Gasteiger partial charge >= 0.3 is 0 Å². The van der Waals surface area contributed by atoms with Gasteiger partial charge in [-0.05, 0) is 67.6 Å². The van der Waals surface area contributed by atoms with Crippen LogP contribution in [0.3, 0.4) is 0 Å². The van der Waals surface area contributed by atoms with Crippen molar-refractivity contribution < 1.29 is 4.40 Å². The van der Waals surface area contributed by atoms with E-state index in [9.17, 15) is 0 Å². The Kier molecular flexibility index (Phi) is 5.55. The molecule has 2 aromatic carbocycles. The van der Waals surface area contributed by atoms with Crippen LogP contribution >= 0.6 is 0 Å². The Balaban J connectivity index is 1.53. The van der Waals surface area contributed by atoms with E-state index in [0.717, 1.165) is 65.0 Å². The molecule has 1 saturated carbocycles. The van der Waals surface area contributed by atoms with Crippen LogP contribution in [0.25, 0.3) is 33.4 Å². The molecule has 0 aliphatic heterocycles. The topological polar surface area (TPSA) is 72.9 Å². The number of hydrogen-bond acceptors (Lipinski definition) is 4. The highest BCUT2D eigenvalue weighted by Gasteiger charge is 2.34. The Morgan fingerprint density at radius 2 is 1.83 bits per heavy atom. The molecule has 176 valence electrons. The van der Waals surface area contributed by atoms with E-state index in [-0.39, 0.29) is 5.54 Å². The van der Waals surface area contributed by atoms with Gasteiger partial charge in [0.2, 0.25) is 0 Å². The maximum Gasteiger partial charge on any atom is 0.296 e. The molecule has 1 aliphatic carbocycles. The van der Waals surface area contributed by atoms with Crippen LogP contribution in [0.1, 0.15) is 44.0 Å². The minimum Gasteiger partial charge on any atom is -0.321 e. The van der Waals surface area contributed by atoms with Gasteiger partial charge in [0, 0.05) is 22.4 Å². The molecule has 3 heterocycles. The zero-order valence-electron chi connectivity index (χ0n) is 20.1. The molecule has 1 fully saturated rings. The Morgan fingerprint density at radius 1 is 1.03 bits per heavy atom. The lowest BCUT2D eigenvalue weighted by Crippen LogP contribution is -2.43. The first-order valence-electron chi connectivity index (χ1n) is 12.5. The lowest BCUT2D eigenvalue weighted by Gasteiger charge is -2.38. The summed E-state index contributed by atoms with van der Waals surface area (Å²) in [6.45, 7) is 3.83. The SMILES string of the molecule is CCCNCc1nn(-c2ccc(C3(N)CCC3)cc2)c2c3cc(-c4ccccc4)cnc3cc[n+]12. The van der Waals surface area contributed by atoms with E-state index < -0.39 is 0 Å². The van der Waals surface area contributed by atoms with Gasteiger partial charge in [-0.3, -0.25) is 4.98 Å². The maximum atomic E-state index is 6.58. The highest BCUT2D eigenvalue weighted by molar-refractivity contribution is 5.92. The number of nitrogens with one attached hydrogen (secondary N) is 1. The minimum atomic E-state index is -0.171. The normalized spacial score (nSPS) is 14.9. The monoisotopic (exact) mass is 463 g/mol. The third-order valence-electron chi connectivity index (χ3n) is 7.21. The van der Waals surface area contributed by atoms with Crippen LogP contribution < -0.4 is 15.5 Å². The summed E-state index contributed by atoms with van der Waals surface area (Å²) in [4.78, 5) is 4.81. The van der Waals surface area contributed by atoms with Gasteiger partial charge in [-0.15, -0.1) is 0 Å². The van der Waals surface area contributed by atoms with Crippen molar-refractivity contribution in [3.8, 4) is 16.8 Å².